The molecule has 2 heterocycles. The molecule has 3 aromatic rings. The fourth-order valence-electron chi connectivity index (χ4n) is 4.86. The number of hydrogen-bond donors (Lipinski definition) is 0. The third kappa shape index (κ3) is 5.30. The predicted octanol–water partition coefficient (Wildman–Crippen LogP) is 6.56. The van der Waals surface area contributed by atoms with Crippen LogP contribution in [0, 0.1) is 5.82 Å². The van der Waals surface area contributed by atoms with Crippen molar-refractivity contribution in [1.82, 2.24) is 0 Å². The van der Waals surface area contributed by atoms with Gasteiger partial charge in [-0.15, -0.1) is 0 Å². The summed E-state index contributed by atoms with van der Waals surface area (Å²) in [5.41, 5.74) is 9.02. The molecule has 2 aliphatic heterocycles. The first-order valence-corrected chi connectivity index (χ1v) is 12.3. The molecule has 0 saturated heterocycles. The molecule has 0 bridgehead atoms. The number of benzene rings is 3. The maximum Gasteiger partial charge on any atom is 0.129 e. The summed E-state index contributed by atoms with van der Waals surface area (Å²) >= 11 is 0. The van der Waals surface area contributed by atoms with Crippen LogP contribution < -0.4 is 0 Å². The van der Waals surface area contributed by atoms with E-state index in [1.807, 2.05) is 18.2 Å². The monoisotopic (exact) mass is 438 g/mol. The molecule has 0 amide bonds. The van der Waals surface area contributed by atoms with Crippen molar-refractivity contribution in [3.63, 3.8) is 0 Å². The maximum atomic E-state index is 15.2. The lowest BCUT2D eigenvalue weighted by Gasteiger charge is -2.10. The van der Waals surface area contributed by atoms with E-state index in [2.05, 4.69) is 58.5 Å². The van der Waals surface area contributed by atoms with Crippen LogP contribution in [-0.4, -0.2) is 24.5 Å². The molecule has 0 aliphatic carbocycles. The first kappa shape index (κ1) is 21.8. The Labute approximate surface area is 196 Å². The number of halogens is 1. The van der Waals surface area contributed by atoms with Crippen LogP contribution in [0.4, 0.5) is 4.39 Å². The van der Waals surface area contributed by atoms with E-state index in [9.17, 15) is 0 Å². The number of aryl methyl sites for hydroxylation is 4. The molecule has 0 atom stereocenters. The van der Waals surface area contributed by atoms with E-state index < -0.39 is 0 Å². The van der Waals surface area contributed by atoms with Crippen LogP contribution in [-0.2, 0) is 25.7 Å². The van der Waals surface area contributed by atoms with Crippen molar-refractivity contribution < 1.29 is 4.39 Å². The van der Waals surface area contributed by atoms with Crippen molar-refractivity contribution in [3.8, 4) is 0 Å². The molecule has 0 unspecified atom stereocenters. The van der Waals surface area contributed by atoms with Gasteiger partial charge >= 0.3 is 0 Å². The van der Waals surface area contributed by atoms with Gasteiger partial charge in [-0.1, -0.05) is 66.7 Å². The minimum atomic E-state index is -0.0358. The average molecular weight is 439 g/mol. The molecule has 0 saturated carbocycles. The summed E-state index contributed by atoms with van der Waals surface area (Å²) in [6, 6.07) is 23.2. The van der Waals surface area contributed by atoms with Gasteiger partial charge in [0, 0.05) is 24.5 Å². The summed E-state index contributed by atoms with van der Waals surface area (Å²) in [6.07, 6.45) is 7.61. The molecule has 0 N–H and O–H groups in total. The maximum absolute atomic E-state index is 15.2. The first-order valence-electron chi connectivity index (χ1n) is 12.3. The second-order valence-corrected chi connectivity index (χ2v) is 9.15. The summed E-state index contributed by atoms with van der Waals surface area (Å²) in [5.74, 6) is -0.0358. The van der Waals surface area contributed by atoms with Crippen molar-refractivity contribution in [3.05, 3.63) is 106 Å². The normalized spacial score (nSPS) is 15.5. The third-order valence-corrected chi connectivity index (χ3v) is 6.85. The number of rotatable bonds is 8. The lowest BCUT2D eigenvalue weighted by molar-refractivity contribution is 0.590. The van der Waals surface area contributed by atoms with Gasteiger partial charge < -0.3 is 0 Å². The lowest BCUT2D eigenvalue weighted by atomic mass is 9.97. The Morgan fingerprint density at radius 2 is 1.03 bits per heavy atom. The van der Waals surface area contributed by atoms with E-state index >= 15 is 4.39 Å². The molecule has 0 spiro atoms. The van der Waals surface area contributed by atoms with E-state index in [0.717, 1.165) is 75.6 Å². The van der Waals surface area contributed by atoms with Crippen molar-refractivity contribution >= 4 is 11.4 Å². The molecule has 0 aromatic heterocycles. The van der Waals surface area contributed by atoms with Gasteiger partial charge in [-0.25, -0.2) is 4.39 Å². The standard InChI is InChI=1S/C30H31FN2/c31-30-26(18-12-22-8-14-24(15-9-22)28-6-2-20-32-28)4-1-5-27(30)19-13-23-10-16-25(17-11-23)29-7-3-21-33-29/h1,4-5,8-11,14-17H,2-3,6-7,12-13,18-21H2. The van der Waals surface area contributed by atoms with Crippen LogP contribution >= 0.6 is 0 Å². The molecule has 33 heavy (non-hydrogen) atoms. The highest BCUT2D eigenvalue weighted by Gasteiger charge is 2.12. The van der Waals surface area contributed by atoms with Gasteiger partial charge in [0.15, 0.2) is 0 Å². The van der Waals surface area contributed by atoms with Gasteiger partial charge in [0.1, 0.15) is 5.82 Å². The van der Waals surface area contributed by atoms with Crippen LogP contribution in [0.1, 0.15) is 59.1 Å². The first-order chi connectivity index (χ1) is 16.3. The zero-order chi connectivity index (χ0) is 22.5. The summed E-state index contributed by atoms with van der Waals surface area (Å²) < 4.78 is 15.2. The molecular weight excluding hydrogens is 407 g/mol. The number of nitrogens with zero attached hydrogens (tertiary/aromatic N) is 2. The average Bonchev–Trinajstić information content (AvgIpc) is 3.58. The van der Waals surface area contributed by atoms with Crippen molar-refractivity contribution in [2.45, 2.75) is 51.4 Å². The van der Waals surface area contributed by atoms with Gasteiger partial charge in [0.05, 0.1) is 0 Å². The van der Waals surface area contributed by atoms with Crippen LogP contribution in [0.3, 0.4) is 0 Å². The van der Waals surface area contributed by atoms with E-state index in [4.69, 9.17) is 0 Å². The van der Waals surface area contributed by atoms with Crippen LogP contribution in [0.2, 0.25) is 0 Å². The minimum Gasteiger partial charge on any atom is -0.289 e. The van der Waals surface area contributed by atoms with Gasteiger partial charge in [-0.2, -0.15) is 0 Å². The third-order valence-electron chi connectivity index (χ3n) is 6.85. The van der Waals surface area contributed by atoms with E-state index in [1.165, 1.54) is 33.7 Å². The van der Waals surface area contributed by atoms with Crippen molar-refractivity contribution in [2.24, 2.45) is 9.98 Å². The highest BCUT2D eigenvalue weighted by Crippen LogP contribution is 2.20. The quantitative estimate of drug-likeness (QED) is 0.380. The molecule has 0 fully saturated rings. The fraction of sp³-hybridized carbons (Fsp3) is 0.333. The van der Waals surface area contributed by atoms with Gasteiger partial charge in [-0.05, 0) is 84.7 Å². The molecule has 2 aliphatic rings. The summed E-state index contributed by atoms with van der Waals surface area (Å²) in [7, 11) is 0. The Morgan fingerprint density at radius 1 is 0.576 bits per heavy atom. The van der Waals surface area contributed by atoms with Gasteiger partial charge in [-0.3, -0.25) is 9.98 Å². The number of aliphatic imine (C=N–C) groups is 2. The lowest BCUT2D eigenvalue weighted by Crippen LogP contribution is -2.02. The SMILES string of the molecule is Fc1c(CCc2ccc(C3=NCCC3)cc2)cccc1CCc1ccc(C2=NCCC2)cc1. The highest BCUT2D eigenvalue weighted by atomic mass is 19.1. The zero-order valence-electron chi connectivity index (χ0n) is 19.2. The molecule has 2 nitrogen and oxygen atoms in total. The Balaban J connectivity index is 1.18. The van der Waals surface area contributed by atoms with Crippen LogP contribution in [0.25, 0.3) is 0 Å². The Bertz CT molecular complexity index is 1070. The van der Waals surface area contributed by atoms with Crippen LogP contribution in [0.5, 0.6) is 0 Å². The Morgan fingerprint density at radius 3 is 1.42 bits per heavy atom. The molecule has 3 aromatic carbocycles. The van der Waals surface area contributed by atoms with Gasteiger partial charge in [0.25, 0.3) is 0 Å². The Hall–Kier alpha value is -3.07. The zero-order valence-corrected chi connectivity index (χ0v) is 19.2. The fourth-order valence-corrected chi connectivity index (χ4v) is 4.86. The largest absolute Gasteiger partial charge is 0.289 e. The predicted molar refractivity (Wildman–Crippen MR) is 135 cm³/mol. The van der Waals surface area contributed by atoms with Crippen molar-refractivity contribution in [2.75, 3.05) is 13.1 Å². The second kappa shape index (κ2) is 10.2. The second-order valence-electron chi connectivity index (χ2n) is 9.15. The summed E-state index contributed by atoms with van der Waals surface area (Å²) in [6.45, 7) is 1.90. The Kier molecular flexibility index (Phi) is 6.76. The summed E-state index contributed by atoms with van der Waals surface area (Å²) in [4.78, 5) is 9.15. The number of hydrogen-bond acceptors (Lipinski definition) is 2. The van der Waals surface area contributed by atoms with E-state index in [-0.39, 0.29) is 5.82 Å². The minimum absolute atomic E-state index is 0.0358. The van der Waals surface area contributed by atoms with E-state index in [0.29, 0.717) is 0 Å². The van der Waals surface area contributed by atoms with E-state index in [1.54, 1.807) is 0 Å². The molecular formula is C30H31FN2. The van der Waals surface area contributed by atoms with Gasteiger partial charge in [0.2, 0.25) is 0 Å². The van der Waals surface area contributed by atoms with Crippen molar-refractivity contribution in [1.29, 1.82) is 0 Å². The molecule has 3 heteroatoms. The molecule has 0 radical (unpaired) electrons. The molecule has 5 rings (SSSR count). The smallest absolute Gasteiger partial charge is 0.129 e. The highest BCUT2D eigenvalue weighted by molar-refractivity contribution is 6.02. The van der Waals surface area contributed by atoms with Crippen LogP contribution in [0.15, 0.2) is 76.7 Å². The topological polar surface area (TPSA) is 24.7 Å². The molecule has 168 valence electrons. The summed E-state index contributed by atoms with van der Waals surface area (Å²) in [5, 5.41) is 0.